The third-order valence-electron chi connectivity index (χ3n) is 3.75. The van der Waals surface area contributed by atoms with E-state index in [4.69, 9.17) is 4.74 Å². The van der Waals surface area contributed by atoms with Gasteiger partial charge in [0.2, 0.25) is 0 Å². The van der Waals surface area contributed by atoms with Crippen LogP contribution in [0.15, 0.2) is 22.7 Å². The van der Waals surface area contributed by atoms with Crippen molar-refractivity contribution < 1.29 is 9.53 Å². The molecule has 0 amide bonds. The molecule has 1 fully saturated rings. The Morgan fingerprint density at radius 3 is 2.58 bits per heavy atom. The van der Waals surface area contributed by atoms with E-state index in [9.17, 15) is 4.79 Å². The highest BCUT2D eigenvalue weighted by Gasteiger charge is 2.26. The predicted octanol–water partition coefficient (Wildman–Crippen LogP) is 3.90. The van der Waals surface area contributed by atoms with Gasteiger partial charge in [-0.1, -0.05) is 6.07 Å². The summed E-state index contributed by atoms with van der Waals surface area (Å²) in [4.78, 5) is 11.5. The molecule has 104 valence electrons. The van der Waals surface area contributed by atoms with Crippen molar-refractivity contribution >= 4 is 27.6 Å². The molecule has 4 heteroatoms. The zero-order valence-electron chi connectivity index (χ0n) is 11.4. The molecule has 3 nitrogen and oxygen atoms in total. The third-order valence-corrected chi connectivity index (χ3v) is 4.40. The summed E-state index contributed by atoms with van der Waals surface area (Å²) in [5, 5.41) is 3.55. The molecular weight excluding hydrogens is 306 g/mol. The summed E-state index contributed by atoms with van der Waals surface area (Å²) in [5.74, 6) is 0.0273. The predicted molar refractivity (Wildman–Crippen MR) is 80.3 cm³/mol. The van der Waals surface area contributed by atoms with Gasteiger partial charge < -0.3 is 10.1 Å². The van der Waals surface area contributed by atoms with Crippen molar-refractivity contribution in [2.24, 2.45) is 5.92 Å². The summed E-state index contributed by atoms with van der Waals surface area (Å²) < 4.78 is 5.91. The van der Waals surface area contributed by atoms with Crippen molar-refractivity contribution in [1.29, 1.82) is 0 Å². The van der Waals surface area contributed by atoms with Crippen LogP contribution in [-0.4, -0.2) is 19.1 Å². The minimum absolute atomic E-state index is 0.0602. The van der Waals surface area contributed by atoms with Gasteiger partial charge in [0, 0.05) is 16.2 Å². The Labute approximate surface area is 122 Å². The molecule has 1 aliphatic carbocycles. The largest absolute Gasteiger partial charge is 0.469 e. The molecule has 0 heterocycles. The molecule has 0 unspecified atom stereocenters. The number of ether oxygens (including phenoxy) is 1. The van der Waals surface area contributed by atoms with E-state index in [1.807, 2.05) is 0 Å². The number of nitrogens with one attached hydrogen (secondary N) is 1. The Morgan fingerprint density at radius 2 is 2.00 bits per heavy atom. The van der Waals surface area contributed by atoms with Gasteiger partial charge in [-0.25, -0.2) is 0 Å². The lowest BCUT2D eigenvalue weighted by atomic mass is 9.86. The number of carbonyl (C=O) groups excluding carboxylic acids is 1. The molecular formula is C15H20BrNO2. The number of esters is 1. The lowest BCUT2D eigenvalue weighted by molar-refractivity contribution is -0.146. The summed E-state index contributed by atoms with van der Waals surface area (Å²) >= 11 is 3.58. The van der Waals surface area contributed by atoms with E-state index in [0.29, 0.717) is 6.04 Å². The van der Waals surface area contributed by atoms with Crippen LogP contribution < -0.4 is 5.32 Å². The maximum atomic E-state index is 11.5. The summed E-state index contributed by atoms with van der Waals surface area (Å²) in [6.07, 6.45) is 3.85. The lowest BCUT2D eigenvalue weighted by Crippen LogP contribution is -2.30. The molecule has 0 aromatic heterocycles. The van der Waals surface area contributed by atoms with Crippen molar-refractivity contribution in [3.63, 3.8) is 0 Å². The Morgan fingerprint density at radius 1 is 1.32 bits per heavy atom. The molecule has 1 aromatic rings. The molecule has 1 saturated carbocycles. The molecule has 19 heavy (non-hydrogen) atoms. The minimum atomic E-state index is -0.0602. The van der Waals surface area contributed by atoms with Crippen LogP contribution in [0.5, 0.6) is 0 Å². The van der Waals surface area contributed by atoms with Gasteiger partial charge in [-0.15, -0.1) is 0 Å². The molecule has 0 spiro atoms. The van der Waals surface area contributed by atoms with Crippen LogP contribution in [0.25, 0.3) is 0 Å². The molecule has 1 aliphatic rings. The van der Waals surface area contributed by atoms with E-state index in [-0.39, 0.29) is 11.9 Å². The van der Waals surface area contributed by atoms with Crippen LogP contribution in [0.4, 0.5) is 5.69 Å². The maximum absolute atomic E-state index is 11.5. The van der Waals surface area contributed by atoms with Crippen molar-refractivity contribution in [3.05, 3.63) is 28.2 Å². The second-order valence-electron chi connectivity index (χ2n) is 5.20. The zero-order chi connectivity index (χ0) is 13.8. The van der Waals surface area contributed by atoms with Gasteiger partial charge in [0.25, 0.3) is 0 Å². The van der Waals surface area contributed by atoms with Gasteiger partial charge in [0.15, 0.2) is 0 Å². The van der Waals surface area contributed by atoms with Crippen LogP contribution in [0.2, 0.25) is 0 Å². The highest BCUT2D eigenvalue weighted by molar-refractivity contribution is 9.10. The highest BCUT2D eigenvalue weighted by atomic mass is 79.9. The van der Waals surface area contributed by atoms with Gasteiger partial charge in [-0.3, -0.25) is 4.79 Å². The second kappa shape index (κ2) is 6.42. The second-order valence-corrected chi connectivity index (χ2v) is 6.05. The Kier molecular flexibility index (Phi) is 4.86. The van der Waals surface area contributed by atoms with Crippen molar-refractivity contribution in [2.45, 2.75) is 38.6 Å². The fraction of sp³-hybridized carbons (Fsp3) is 0.533. The monoisotopic (exact) mass is 325 g/mol. The number of anilines is 1. The first-order valence-electron chi connectivity index (χ1n) is 6.70. The maximum Gasteiger partial charge on any atom is 0.308 e. The number of hydrogen-bond acceptors (Lipinski definition) is 3. The van der Waals surface area contributed by atoms with Gasteiger partial charge in [0.1, 0.15) is 0 Å². The Hall–Kier alpha value is -1.03. The van der Waals surface area contributed by atoms with Crippen molar-refractivity contribution in [3.8, 4) is 0 Å². The van der Waals surface area contributed by atoms with E-state index in [1.165, 1.54) is 12.7 Å². The van der Waals surface area contributed by atoms with Crippen LogP contribution in [0, 0.1) is 12.8 Å². The van der Waals surface area contributed by atoms with Crippen LogP contribution in [0.3, 0.4) is 0 Å². The summed E-state index contributed by atoms with van der Waals surface area (Å²) in [6.45, 7) is 2.08. The molecule has 0 aliphatic heterocycles. The Bertz CT molecular complexity index is 453. The standard InChI is InChI=1S/C15H20BrNO2/c1-10-3-8-14(13(16)9-10)17-12-6-4-11(5-7-12)15(18)19-2/h3,8-9,11-12,17H,4-7H2,1-2H3. The fourth-order valence-electron chi connectivity index (χ4n) is 2.60. The topological polar surface area (TPSA) is 38.3 Å². The summed E-state index contributed by atoms with van der Waals surface area (Å²) in [6, 6.07) is 6.77. The SMILES string of the molecule is COC(=O)C1CCC(Nc2ccc(C)cc2Br)CC1. The van der Waals surface area contributed by atoms with E-state index >= 15 is 0 Å². The van der Waals surface area contributed by atoms with Crippen LogP contribution >= 0.6 is 15.9 Å². The van der Waals surface area contributed by atoms with Gasteiger partial charge >= 0.3 is 5.97 Å². The molecule has 0 atom stereocenters. The quantitative estimate of drug-likeness (QED) is 0.856. The van der Waals surface area contributed by atoms with Crippen LogP contribution in [-0.2, 0) is 9.53 Å². The number of carbonyl (C=O) groups is 1. The third kappa shape index (κ3) is 3.72. The fourth-order valence-corrected chi connectivity index (χ4v) is 3.20. The molecule has 0 bridgehead atoms. The first-order valence-corrected chi connectivity index (χ1v) is 7.50. The zero-order valence-corrected chi connectivity index (χ0v) is 13.0. The molecule has 1 N–H and O–H groups in total. The lowest BCUT2D eigenvalue weighted by Gasteiger charge is -2.28. The van der Waals surface area contributed by atoms with Crippen molar-refractivity contribution in [1.82, 2.24) is 0 Å². The number of aryl methyl sites for hydroxylation is 1. The number of halogens is 1. The van der Waals surface area contributed by atoms with Gasteiger partial charge in [-0.2, -0.15) is 0 Å². The van der Waals surface area contributed by atoms with Gasteiger partial charge in [-0.05, 0) is 66.2 Å². The first-order chi connectivity index (χ1) is 9.10. The van der Waals surface area contributed by atoms with E-state index in [0.717, 1.165) is 35.8 Å². The molecule has 0 saturated heterocycles. The van der Waals surface area contributed by atoms with Crippen molar-refractivity contribution in [2.75, 3.05) is 12.4 Å². The average Bonchev–Trinajstić information content (AvgIpc) is 2.42. The number of hydrogen-bond donors (Lipinski definition) is 1. The molecule has 2 rings (SSSR count). The van der Waals surface area contributed by atoms with E-state index < -0.39 is 0 Å². The van der Waals surface area contributed by atoms with E-state index in [2.05, 4.69) is 46.4 Å². The van der Waals surface area contributed by atoms with Gasteiger partial charge in [0.05, 0.1) is 13.0 Å². The summed E-state index contributed by atoms with van der Waals surface area (Å²) in [5.41, 5.74) is 2.37. The molecule has 0 radical (unpaired) electrons. The smallest absolute Gasteiger partial charge is 0.308 e. The number of methoxy groups -OCH3 is 1. The Balaban J connectivity index is 1.90. The number of rotatable bonds is 3. The molecule has 1 aromatic carbocycles. The summed E-state index contributed by atoms with van der Waals surface area (Å²) in [7, 11) is 1.47. The highest BCUT2D eigenvalue weighted by Crippen LogP contribution is 2.30. The first kappa shape index (κ1) is 14.4. The number of benzene rings is 1. The van der Waals surface area contributed by atoms with Crippen LogP contribution in [0.1, 0.15) is 31.2 Å². The minimum Gasteiger partial charge on any atom is -0.469 e. The average molecular weight is 326 g/mol. The van der Waals surface area contributed by atoms with E-state index in [1.54, 1.807) is 0 Å². The normalized spacial score (nSPS) is 22.9.